The number of amides is 2. The number of carbonyl (C=O) groups excluding carboxylic acids is 2. The van der Waals surface area contributed by atoms with Crippen LogP contribution in [0.15, 0.2) is 36.4 Å². The molecule has 3 N–H and O–H groups in total. The van der Waals surface area contributed by atoms with Crippen molar-refractivity contribution in [1.82, 2.24) is 4.90 Å². The van der Waals surface area contributed by atoms with Crippen molar-refractivity contribution < 1.29 is 9.59 Å². The quantitative estimate of drug-likeness (QED) is 0.260. The summed E-state index contributed by atoms with van der Waals surface area (Å²) in [5.74, 6) is 0.368. The van der Waals surface area contributed by atoms with E-state index in [2.05, 4.69) is 52.1 Å². The fraction of sp³-hybridized carbons (Fsp3) is 0.533. The molecule has 198 valence electrons. The van der Waals surface area contributed by atoms with E-state index in [9.17, 15) is 9.59 Å². The van der Waals surface area contributed by atoms with Gasteiger partial charge in [-0.1, -0.05) is 84.6 Å². The summed E-state index contributed by atoms with van der Waals surface area (Å²) in [5.41, 5.74) is 12.1. The maximum absolute atomic E-state index is 13.8. The molecule has 0 radical (unpaired) electrons. The molecule has 0 fully saturated rings. The average Bonchev–Trinajstić information content (AvgIpc) is 2.83. The van der Waals surface area contributed by atoms with Gasteiger partial charge in [-0.05, 0) is 52.6 Å². The minimum absolute atomic E-state index is 0. The molecule has 0 aliphatic carbocycles. The van der Waals surface area contributed by atoms with Crippen LogP contribution in [-0.2, 0) is 22.6 Å². The van der Waals surface area contributed by atoms with Crippen LogP contribution < -0.4 is 11.1 Å². The van der Waals surface area contributed by atoms with Gasteiger partial charge in [0.05, 0.1) is 0 Å². The second kappa shape index (κ2) is 13.7. The van der Waals surface area contributed by atoms with Crippen LogP contribution in [0.3, 0.4) is 0 Å². The van der Waals surface area contributed by atoms with Crippen LogP contribution in [0.1, 0.15) is 107 Å². The number of nitrogens with one attached hydrogen (secondary N) is 1. The molecule has 1 aliphatic rings. The van der Waals surface area contributed by atoms with E-state index in [1.165, 1.54) is 12.8 Å². The Morgan fingerprint density at radius 1 is 0.972 bits per heavy atom. The summed E-state index contributed by atoms with van der Waals surface area (Å²) < 4.78 is 0. The van der Waals surface area contributed by atoms with E-state index >= 15 is 0 Å². The van der Waals surface area contributed by atoms with Gasteiger partial charge in [0.15, 0.2) is 0 Å². The van der Waals surface area contributed by atoms with Crippen LogP contribution in [-0.4, -0.2) is 22.8 Å². The van der Waals surface area contributed by atoms with Crippen molar-refractivity contribution in [3.63, 3.8) is 0 Å². The predicted molar refractivity (Wildman–Crippen MR) is 153 cm³/mol. The number of hydrogen-bond acceptors (Lipinski definition) is 3. The van der Waals surface area contributed by atoms with E-state index in [0.29, 0.717) is 25.1 Å². The first-order chi connectivity index (χ1) is 16.7. The summed E-state index contributed by atoms with van der Waals surface area (Å²) in [6.07, 6.45) is 6.50. The molecule has 0 unspecified atom stereocenters. The van der Waals surface area contributed by atoms with Crippen molar-refractivity contribution in [1.29, 1.82) is 0 Å². The maximum atomic E-state index is 13.8. The van der Waals surface area contributed by atoms with Crippen molar-refractivity contribution in [2.45, 2.75) is 104 Å². The summed E-state index contributed by atoms with van der Waals surface area (Å²) in [4.78, 5) is 28.9. The van der Waals surface area contributed by atoms with Gasteiger partial charge < -0.3 is 16.0 Å². The van der Waals surface area contributed by atoms with Crippen LogP contribution in [0.5, 0.6) is 0 Å². The van der Waals surface area contributed by atoms with Gasteiger partial charge in [-0.2, -0.15) is 0 Å². The summed E-state index contributed by atoms with van der Waals surface area (Å²) in [6.45, 7) is 11.1. The maximum Gasteiger partial charge on any atom is 0.247 e. The minimum Gasteiger partial charge on any atom is -0.399 e. The molecule has 0 saturated carbocycles. The minimum atomic E-state index is -0.523. The van der Waals surface area contributed by atoms with E-state index in [4.69, 9.17) is 5.73 Å². The zero-order valence-corrected chi connectivity index (χ0v) is 23.4. The smallest absolute Gasteiger partial charge is 0.247 e. The molecule has 6 heteroatoms. The number of nitrogens with two attached hydrogens (primary N) is 1. The standard InChI is InChI=1S/C30H43N3O2.ClH/c1-6-7-8-9-10-15-28(34)33-19-23-14-12-11-13-22(23)16-27(33)30(35)32-29-25(20(2)3)17-24(31)18-26(29)21(4)5;/h11-14,17-18,20-21,27H,6-10,15-16,19,31H2,1-5H3,(H,32,35);1H/t27-;/m0./s1. The number of carbonyl (C=O) groups is 2. The molecule has 1 aliphatic heterocycles. The number of halogens is 1. The summed E-state index contributed by atoms with van der Waals surface area (Å²) in [7, 11) is 0. The molecule has 1 heterocycles. The predicted octanol–water partition coefficient (Wildman–Crippen LogP) is 7.19. The molecule has 0 bridgehead atoms. The molecule has 2 amide bonds. The monoisotopic (exact) mass is 513 g/mol. The Kier molecular flexibility index (Phi) is 11.3. The van der Waals surface area contributed by atoms with Gasteiger partial charge in [-0.15, -0.1) is 12.4 Å². The normalized spacial score (nSPS) is 15.0. The lowest BCUT2D eigenvalue weighted by Gasteiger charge is -2.36. The van der Waals surface area contributed by atoms with Crippen molar-refractivity contribution in [3.05, 3.63) is 58.7 Å². The number of rotatable bonds is 10. The van der Waals surface area contributed by atoms with Gasteiger partial charge in [-0.3, -0.25) is 9.59 Å². The lowest BCUT2D eigenvalue weighted by atomic mass is 9.90. The lowest BCUT2D eigenvalue weighted by molar-refractivity contribution is -0.140. The van der Waals surface area contributed by atoms with Crippen LogP contribution >= 0.6 is 12.4 Å². The molecule has 3 rings (SSSR count). The molecule has 36 heavy (non-hydrogen) atoms. The van der Waals surface area contributed by atoms with Crippen molar-refractivity contribution in [2.75, 3.05) is 11.1 Å². The molecule has 1 atom stereocenters. The number of anilines is 2. The van der Waals surface area contributed by atoms with Crippen molar-refractivity contribution >= 4 is 35.6 Å². The number of nitrogen functional groups attached to an aromatic ring is 1. The Morgan fingerprint density at radius 3 is 2.14 bits per heavy atom. The van der Waals surface area contributed by atoms with Crippen LogP contribution in [0.25, 0.3) is 0 Å². The van der Waals surface area contributed by atoms with Gasteiger partial charge in [0.25, 0.3) is 0 Å². The zero-order valence-electron chi connectivity index (χ0n) is 22.6. The molecule has 0 spiro atoms. The average molecular weight is 514 g/mol. The van der Waals surface area contributed by atoms with E-state index < -0.39 is 6.04 Å². The highest BCUT2D eigenvalue weighted by molar-refractivity contribution is 5.99. The summed E-state index contributed by atoms with van der Waals surface area (Å²) >= 11 is 0. The SMILES string of the molecule is CCCCCCCC(=O)N1Cc2ccccc2C[C@H]1C(=O)Nc1c(C(C)C)cc(N)cc1C(C)C.Cl. The molecule has 0 saturated heterocycles. The van der Waals surface area contributed by atoms with Gasteiger partial charge >= 0.3 is 0 Å². The Balaban J connectivity index is 0.00000456. The number of fused-ring (bicyclic) bond motifs is 1. The van der Waals surface area contributed by atoms with Gasteiger partial charge in [0.2, 0.25) is 11.8 Å². The highest BCUT2D eigenvalue weighted by atomic mass is 35.5. The molecular formula is C30H44ClN3O2. The van der Waals surface area contributed by atoms with Crippen LogP contribution in [0.4, 0.5) is 11.4 Å². The number of nitrogens with zero attached hydrogens (tertiary/aromatic N) is 1. The lowest BCUT2D eigenvalue weighted by Crippen LogP contribution is -2.50. The van der Waals surface area contributed by atoms with E-state index in [-0.39, 0.29) is 36.1 Å². The van der Waals surface area contributed by atoms with Gasteiger partial charge in [0.1, 0.15) is 6.04 Å². The van der Waals surface area contributed by atoms with Crippen molar-refractivity contribution in [2.24, 2.45) is 0 Å². The summed E-state index contributed by atoms with van der Waals surface area (Å²) in [6, 6.07) is 11.6. The third-order valence-corrected chi connectivity index (χ3v) is 7.08. The number of unbranched alkanes of at least 4 members (excludes halogenated alkanes) is 4. The zero-order chi connectivity index (χ0) is 25.5. The molecule has 0 aromatic heterocycles. The number of benzene rings is 2. The Morgan fingerprint density at radius 2 is 1.56 bits per heavy atom. The van der Waals surface area contributed by atoms with E-state index in [1.54, 1.807) is 4.90 Å². The Hall–Kier alpha value is -2.53. The van der Waals surface area contributed by atoms with Crippen LogP contribution in [0.2, 0.25) is 0 Å². The van der Waals surface area contributed by atoms with Crippen LogP contribution in [0, 0.1) is 0 Å². The first kappa shape index (κ1) is 29.7. The fourth-order valence-electron chi connectivity index (χ4n) is 5.02. The topological polar surface area (TPSA) is 75.4 Å². The molecule has 5 nitrogen and oxygen atoms in total. The second-order valence-corrected chi connectivity index (χ2v) is 10.5. The molecular weight excluding hydrogens is 470 g/mol. The Labute approximate surface area is 223 Å². The molecule has 2 aromatic carbocycles. The number of hydrogen-bond donors (Lipinski definition) is 2. The first-order valence-corrected chi connectivity index (χ1v) is 13.3. The highest BCUT2D eigenvalue weighted by Gasteiger charge is 2.35. The fourth-order valence-corrected chi connectivity index (χ4v) is 5.02. The largest absolute Gasteiger partial charge is 0.399 e. The third kappa shape index (κ3) is 7.25. The highest BCUT2D eigenvalue weighted by Crippen LogP contribution is 2.35. The first-order valence-electron chi connectivity index (χ1n) is 13.3. The second-order valence-electron chi connectivity index (χ2n) is 10.5. The summed E-state index contributed by atoms with van der Waals surface area (Å²) in [5, 5.41) is 3.25. The van der Waals surface area contributed by atoms with E-state index in [0.717, 1.165) is 47.2 Å². The van der Waals surface area contributed by atoms with E-state index in [1.807, 2.05) is 24.3 Å². The van der Waals surface area contributed by atoms with Gasteiger partial charge in [-0.25, -0.2) is 0 Å². The third-order valence-electron chi connectivity index (χ3n) is 7.08. The molecule has 2 aromatic rings. The van der Waals surface area contributed by atoms with Gasteiger partial charge in [0, 0.05) is 30.8 Å². The van der Waals surface area contributed by atoms with Crippen molar-refractivity contribution in [3.8, 4) is 0 Å². The Bertz CT molecular complexity index is 1010.